The summed E-state index contributed by atoms with van der Waals surface area (Å²) < 4.78 is 105. The first-order valence-electron chi connectivity index (χ1n) is 28.8. The maximum Gasteiger partial charge on any atom is 0.303 e. The fourth-order valence-corrected chi connectivity index (χ4v) is 9.86. The van der Waals surface area contributed by atoms with Crippen molar-refractivity contribution in [3.63, 3.8) is 0 Å². The van der Waals surface area contributed by atoms with Gasteiger partial charge in [-0.1, -0.05) is 10.4 Å². The first-order chi connectivity index (χ1) is 42.7. The number of aliphatic hydroxyl groups excluding tert-OH is 4. The molecule has 0 bridgehead atoms. The molecule has 36 heteroatoms. The standard InChI is InChI=1S/C54H80N6O30/c1-25-43(81-29(5)63)47(83-31(7)65)49(85-33(9)67)53(79-25)89-45-41(71)39(69)37(23-77-27(3)61)87-51(45)75-15-11-13-59-19-35(55-57-59)21-73-17-18-74-22-36-20-60(58-56-36)14-12-16-76-52-46(42(72)40(70)38(88-52)24-78-28(4)62)90-54-50(86-34(10)68)48(84-32(8)66)44(26(2)80-54)82-30(6)64/h19-20,25-26,37-54,69-72H,11-18,21-24H2,1-10H3/t25-,26-,37+,38+,39+,40+,41-,42-,43-,44-,45+,46+,47+,48+,49+,50+,51+,52+,53-,54-/m0/s1. The van der Waals surface area contributed by atoms with Crippen LogP contribution in [0.3, 0.4) is 0 Å². The molecule has 20 atom stereocenters. The first kappa shape index (κ1) is 72.5. The molecule has 0 aliphatic carbocycles. The Bertz CT molecular complexity index is 2500. The van der Waals surface area contributed by atoms with E-state index in [2.05, 4.69) is 20.6 Å². The molecule has 4 aliphatic rings. The zero-order valence-electron chi connectivity index (χ0n) is 51.3. The Hall–Kier alpha value is -6.52. The quantitative estimate of drug-likeness (QED) is 0.0339. The van der Waals surface area contributed by atoms with E-state index < -0.39 is 184 Å². The SMILES string of the molecule is CC(=O)OC[C@H]1O[C@@H](OCCCn2cc(COCCOCc3cn(CCCO[C@@H]4O[C@H](COC(C)=O)[C@@H](O)[C@H](O)[C@H]4O[C@@H]4O[C@@H](C)[C@H](OC(C)=O)[C@@H](OC(C)=O)[C@H]4OC(C)=O)nn3)nn2)[C@H](O[C@@H]2O[C@@H](C)[C@H](OC(C)=O)[C@@H](OC(C)=O)[C@H]2OC(C)=O)[C@@H](O)[C@@H]1O. The van der Waals surface area contributed by atoms with Gasteiger partial charge >= 0.3 is 47.8 Å². The van der Waals surface area contributed by atoms with Crippen LogP contribution in [0.4, 0.5) is 0 Å². The summed E-state index contributed by atoms with van der Waals surface area (Å²) in [5.41, 5.74) is 0.979. The molecule has 0 saturated carbocycles. The van der Waals surface area contributed by atoms with Gasteiger partial charge in [-0.2, -0.15) is 0 Å². The van der Waals surface area contributed by atoms with Gasteiger partial charge in [0.2, 0.25) is 0 Å². The molecule has 0 radical (unpaired) electrons. The van der Waals surface area contributed by atoms with Crippen molar-refractivity contribution in [2.45, 2.75) is 231 Å². The summed E-state index contributed by atoms with van der Waals surface area (Å²) in [7, 11) is 0. The number of nitrogens with zero attached hydrogens (tertiary/aromatic N) is 6. The second-order valence-corrected chi connectivity index (χ2v) is 21.2. The molecule has 6 heterocycles. The van der Waals surface area contributed by atoms with Crippen LogP contribution in [0.2, 0.25) is 0 Å². The van der Waals surface area contributed by atoms with E-state index in [1.54, 1.807) is 12.4 Å². The molecule has 2 aromatic rings. The van der Waals surface area contributed by atoms with Crippen LogP contribution in [0.25, 0.3) is 0 Å². The lowest BCUT2D eigenvalue weighted by molar-refractivity contribution is -0.365. The predicted octanol–water partition coefficient (Wildman–Crippen LogP) is -2.71. The van der Waals surface area contributed by atoms with Gasteiger partial charge in [0.05, 0.1) is 64.2 Å². The zero-order chi connectivity index (χ0) is 65.9. The number of rotatable bonds is 31. The van der Waals surface area contributed by atoms with E-state index in [-0.39, 0.29) is 65.6 Å². The van der Waals surface area contributed by atoms with E-state index in [1.165, 1.54) is 23.2 Å². The van der Waals surface area contributed by atoms with Crippen LogP contribution in [0, 0.1) is 0 Å². The van der Waals surface area contributed by atoms with Crippen molar-refractivity contribution in [1.29, 1.82) is 0 Å². The summed E-state index contributed by atoms with van der Waals surface area (Å²) >= 11 is 0. The minimum Gasteiger partial charge on any atom is -0.463 e. The summed E-state index contributed by atoms with van der Waals surface area (Å²) in [6, 6.07) is 0. The van der Waals surface area contributed by atoms with Crippen molar-refractivity contribution >= 4 is 47.8 Å². The third-order valence-corrected chi connectivity index (χ3v) is 13.7. The maximum absolute atomic E-state index is 12.3. The van der Waals surface area contributed by atoms with Crippen molar-refractivity contribution in [1.82, 2.24) is 30.0 Å². The van der Waals surface area contributed by atoms with Crippen molar-refractivity contribution < 1.29 is 144 Å². The van der Waals surface area contributed by atoms with Gasteiger partial charge in [0.1, 0.15) is 73.4 Å². The van der Waals surface area contributed by atoms with E-state index in [9.17, 15) is 58.8 Å². The maximum atomic E-state index is 12.3. The number of ether oxygens (including phenoxy) is 18. The molecule has 0 spiro atoms. The van der Waals surface area contributed by atoms with E-state index in [0.29, 0.717) is 11.4 Å². The van der Waals surface area contributed by atoms with Crippen molar-refractivity contribution in [3.8, 4) is 0 Å². The van der Waals surface area contributed by atoms with Gasteiger partial charge in [0, 0.05) is 68.5 Å². The minimum absolute atomic E-state index is 0.0586. The highest BCUT2D eigenvalue weighted by molar-refractivity contribution is 5.69. The Morgan fingerprint density at radius 1 is 0.422 bits per heavy atom. The Labute approximate surface area is 515 Å². The molecule has 90 heavy (non-hydrogen) atoms. The highest BCUT2D eigenvalue weighted by Crippen LogP contribution is 2.36. The summed E-state index contributed by atoms with van der Waals surface area (Å²) in [6.07, 6.45) is -25.5. The van der Waals surface area contributed by atoms with Crippen LogP contribution >= 0.6 is 0 Å². The number of esters is 8. The number of carbonyl (C=O) groups is 8. The molecule has 4 aliphatic heterocycles. The van der Waals surface area contributed by atoms with E-state index >= 15 is 0 Å². The number of aliphatic hydroxyl groups is 4. The Morgan fingerprint density at radius 3 is 1.09 bits per heavy atom. The van der Waals surface area contributed by atoms with Crippen LogP contribution in [0.5, 0.6) is 0 Å². The molecule has 0 amide bonds. The van der Waals surface area contributed by atoms with E-state index in [4.69, 9.17) is 85.3 Å². The number of aryl methyl sites for hydroxylation is 2. The average molecular weight is 1290 g/mol. The summed E-state index contributed by atoms with van der Waals surface area (Å²) in [5.74, 6) is -6.19. The summed E-state index contributed by atoms with van der Waals surface area (Å²) in [4.78, 5) is 96.4. The van der Waals surface area contributed by atoms with E-state index in [1.807, 2.05) is 0 Å². The van der Waals surface area contributed by atoms with Crippen LogP contribution < -0.4 is 0 Å². The molecule has 4 saturated heterocycles. The normalized spacial score (nSPS) is 31.8. The molecular weight excluding hydrogens is 1210 g/mol. The van der Waals surface area contributed by atoms with Gasteiger partial charge in [0.15, 0.2) is 61.8 Å². The molecule has 4 fully saturated rings. The molecule has 0 unspecified atom stereocenters. The monoisotopic (exact) mass is 1290 g/mol. The number of aromatic nitrogens is 6. The average Bonchev–Trinajstić information content (AvgIpc) is 0.955. The molecule has 6 rings (SSSR count). The third-order valence-electron chi connectivity index (χ3n) is 13.7. The fraction of sp³-hybridized carbons (Fsp3) is 0.778. The van der Waals surface area contributed by atoms with E-state index in [0.717, 1.165) is 55.4 Å². The minimum atomic E-state index is -1.78. The van der Waals surface area contributed by atoms with Crippen molar-refractivity contribution in [3.05, 3.63) is 23.8 Å². The third kappa shape index (κ3) is 21.6. The van der Waals surface area contributed by atoms with Gasteiger partial charge in [-0.15, -0.1) is 10.2 Å². The Balaban J connectivity index is 0.956. The number of carbonyl (C=O) groups excluding carboxylic acids is 8. The molecule has 2 aromatic heterocycles. The number of hydrogen-bond acceptors (Lipinski definition) is 34. The summed E-state index contributed by atoms with van der Waals surface area (Å²) in [6.45, 7) is 11.8. The first-order valence-corrected chi connectivity index (χ1v) is 28.8. The largest absolute Gasteiger partial charge is 0.463 e. The molecule has 36 nitrogen and oxygen atoms in total. The smallest absolute Gasteiger partial charge is 0.303 e. The van der Waals surface area contributed by atoms with Gasteiger partial charge < -0.3 is 106 Å². The fourth-order valence-electron chi connectivity index (χ4n) is 9.86. The lowest BCUT2D eigenvalue weighted by Crippen LogP contribution is -2.65. The highest BCUT2D eigenvalue weighted by atomic mass is 16.8. The predicted molar refractivity (Wildman–Crippen MR) is 287 cm³/mol. The molecule has 0 aromatic carbocycles. The van der Waals surface area contributed by atoms with Gasteiger partial charge in [-0.25, -0.2) is 0 Å². The second-order valence-electron chi connectivity index (χ2n) is 21.2. The number of hydrogen-bond donors (Lipinski definition) is 4. The molecule has 4 N–H and O–H groups in total. The topological polar surface area (TPSA) is 445 Å². The van der Waals surface area contributed by atoms with Crippen LogP contribution in [0.1, 0.15) is 93.5 Å². The molecule has 506 valence electrons. The molecular formula is C54H80N6O30. The van der Waals surface area contributed by atoms with Gasteiger partial charge in [-0.3, -0.25) is 47.7 Å². The van der Waals surface area contributed by atoms with Gasteiger partial charge in [-0.05, 0) is 26.7 Å². The Morgan fingerprint density at radius 2 is 0.756 bits per heavy atom. The summed E-state index contributed by atoms with van der Waals surface area (Å²) in [5, 5.41) is 61.4. The van der Waals surface area contributed by atoms with Crippen molar-refractivity contribution in [2.75, 3.05) is 39.6 Å². The lowest BCUT2D eigenvalue weighted by atomic mass is 9.97. The Kier molecular flexibility index (Phi) is 28.0. The zero-order valence-corrected chi connectivity index (χ0v) is 51.3. The van der Waals surface area contributed by atoms with Crippen molar-refractivity contribution in [2.24, 2.45) is 0 Å². The van der Waals surface area contributed by atoms with Gasteiger partial charge in [0.25, 0.3) is 0 Å². The van der Waals surface area contributed by atoms with Crippen LogP contribution in [0.15, 0.2) is 12.4 Å². The lowest BCUT2D eigenvalue weighted by Gasteiger charge is -2.47. The second kappa shape index (κ2) is 34.8. The highest BCUT2D eigenvalue weighted by Gasteiger charge is 2.57. The van der Waals surface area contributed by atoms with Crippen LogP contribution in [-0.4, -0.2) is 261 Å². The van der Waals surface area contributed by atoms with Crippen LogP contribution in [-0.2, 0) is 150 Å².